The summed E-state index contributed by atoms with van der Waals surface area (Å²) in [5.41, 5.74) is 1.07. The van der Waals surface area contributed by atoms with E-state index in [9.17, 15) is 4.79 Å². The number of nitrogens with zero attached hydrogens (tertiary/aromatic N) is 3. The lowest BCUT2D eigenvalue weighted by atomic mass is 9.90. The van der Waals surface area contributed by atoms with Crippen molar-refractivity contribution in [1.29, 1.82) is 0 Å². The van der Waals surface area contributed by atoms with Gasteiger partial charge in [-0.25, -0.2) is 0 Å². The van der Waals surface area contributed by atoms with Crippen molar-refractivity contribution in [2.24, 2.45) is 5.92 Å². The average molecular weight is 422 g/mol. The highest BCUT2D eigenvalue weighted by atomic mass is 16.5. The second kappa shape index (κ2) is 11.3. The van der Waals surface area contributed by atoms with E-state index in [2.05, 4.69) is 9.88 Å². The third kappa shape index (κ3) is 6.54. The normalized spacial score (nSPS) is 20.3. The predicted molar refractivity (Wildman–Crippen MR) is 123 cm³/mol. The van der Waals surface area contributed by atoms with Crippen molar-refractivity contribution >= 4 is 5.91 Å². The molecule has 0 radical (unpaired) electrons. The lowest BCUT2D eigenvalue weighted by molar-refractivity contribution is -0.135. The van der Waals surface area contributed by atoms with E-state index < -0.39 is 0 Å². The molecular weight excluding hydrogens is 386 g/mol. The first-order chi connectivity index (χ1) is 15.3. The van der Waals surface area contributed by atoms with Crippen molar-refractivity contribution < 1.29 is 9.53 Å². The number of benzene rings is 1. The maximum absolute atomic E-state index is 13.1. The van der Waals surface area contributed by atoms with Crippen LogP contribution in [0.15, 0.2) is 54.9 Å². The third-order valence-corrected chi connectivity index (χ3v) is 6.67. The van der Waals surface area contributed by atoms with Crippen molar-refractivity contribution in [2.45, 2.75) is 57.5 Å². The molecule has 4 rings (SSSR count). The minimum Gasteiger partial charge on any atom is -0.484 e. The fourth-order valence-electron chi connectivity index (χ4n) is 5.06. The molecule has 2 aromatic rings. The Labute approximate surface area is 186 Å². The standard InChI is InChI=1S/C26H35N3O2/c30-26(21-31-25-13-5-2-6-14-25)29(18-22-9-7-15-27-17-22)20-23-10-8-16-28(19-23)24-11-3-1-4-12-24/h2,5-7,9,13-15,17,23-24H,1,3-4,8,10-12,16,18-21H2/t23-/m1/s1. The Balaban J connectivity index is 1.38. The van der Waals surface area contributed by atoms with Crippen LogP contribution in [0.4, 0.5) is 0 Å². The number of aromatic nitrogens is 1. The van der Waals surface area contributed by atoms with E-state index in [1.807, 2.05) is 53.6 Å². The van der Waals surface area contributed by atoms with Crippen LogP contribution in [0.3, 0.4) is 0 Å². The molecule has 5 heteroatoms. The van der Waals surface area contributed by atoms with Crippen molar-refractivity contribution in [2.75, 3.05) is 26.2 Å². The number of para-hydroxylation sites is 1. The van der Waals surface area contributed by atoms with E-state index in [-0.39, 0.29) is 12.5 Å². The van der Waals surface area contributed by atoms with E-state index in [1.54, 1.807) is 6.20 Å². The van der Waals surface area contributed by atoms with Crippen LogP contribution in [0, 0.1) is 5.92 Å². The summed E-state index contributed by atoms with van der Waals surface area (Å²) >= 11 is 0. The molecule has 0 spiro atoms. The van der Waals surface area contributed by atoms with Gasteiger partial charge in [0.15, 0.2) is 6.61 Å². The summed E-state index contributed by atoms with van der Waals surface area (Å²) in [7, 11) is 0. The fraction of sp³-hybridized carbons (Fsp3) is 0.538. The summed E-state index contributed by atoms with van der Waals surface area (Å²) in [4.78, 5) is 22.1. The fourth-order valence-corrected chi connectivity index (χ4v) is 5.06. The molecule has 1 amide bonds. The Kier molecular flexibility index (Phi) is 7.94. The summed E-state index contributed by atoms with van der Waals surface area (Å²) in [5, 5.41) is 0. The van der Waals surface area contributed by atoms with Crippen molar-refractivity contribution in [1.82, 2.24) is 14.8 Å². The molecule has 0 N–H and O–H groups in total. The summed E-state index contributed by atoms with van der Waals surface area (Å²) in [5.74, 6) is 1.30. The predicted octanol–water partition coefficient (Wildman–Crippen LogP) is 4.53. The number of carbonyl (C=O) groups excluding carboxylic acids is 1. The summed E-state index contributed by atoms with van der Waals surface area (Å²) in [6.07, 6.45) is 12.9. The highest BCUT2D eigenvalue weighted by Gasteiger charge is 2.29. The van der Waals surface area contributed by atoms with Crippen molar-refractivity contribution in [3.05, 3.63) is 60.4 Å². The molecule has 1 atom stereocenters. The van der Waals surface area contributed by atoms with E-state index in [1.165, 1.54) is 51.5 Å². The minimum absolute atomic E-state index is 0.0440. The highest BCUT2D eigenvalue weighted by molar-refractivity contribution is 5.77. The number of pyridine rings is 1. The zero-order chi connectivity index (χ0) is 21.3. The first-order valence-corrected chi connectivity index (χ1v) is 11.9. The minimum atomic E-state index is 0.0440. The number of piperidine rings is 1. The van der Waals surface area contributed by atoms with Crippen molar-refractivity contribution in [3.8, 4) is 5.75 Å². The molecule has 1 saturated heterocycles. The zero-order valence-electron chi connectivity index (χ0n) is 18.5. The molecule has 0 bridgehead atoms. The average Bonchev–Trinajstić information content (AvgIpc) is 2.84. The molecule has 0 unspecified atom stereocenters. The van der Waals surface area contributed by atoms with Gasteiger partial charge in [-0.3, -0.25) is 9.78 Å². The van der Waals surface area contributed by atoms with Gasteiger partial charge < -0.3 is 14.5 Å². The van der Waals surface area contributed by atoms with Crippen LogP contribution in [-0.2, 0) is 11.3 Å². The lowest BCUT2D eigenvalue weighted by Crippen LogP contribution is -2.47. The van der Waals surface area contributed by atoms with E-state index in [0.29, 0.717) is 12.5 Å². The Hall–Kier alpha value is -2.40. The lowest BCUT2D eigenvalue weighted by Gasteiger charge is -2.41. The van der Waals surface area contributed by atoms with Gasteiger partial charge in [-0.05, 0) is 61.9 Å². The van der Waals surface area contributed by atoms with E-state index in [4.69, 9.17) is 4.74 Å². The smallest absolute Gasteiger partial charge is 0.260 e. The van der Waals surface area contributed by atoms with Gasteiger partial charge in [0.1, 0.15) is 5.75 Å². The number of hydrogen-bond acceptors (Lipinski definition) is 4. The maximum Gasteiger partial charge on any atom is 0.260 e. The molecule has 5 nitrogen and oxygen atoms in total. The molecule has 1 aromatic heterocycles. The number of rotatable bonds is 8. The molecule has 1 aliphatic heterocycles. The Morgan fingerprint density at radius 2 is 1.87 bits per heavy atom. The maximum atomic E-state index is 13.1. The largest absolute Gasteiger partial charge is 0.484 e. The van der Waals surface area contributed by atoms with Crippen molar-refractivity contribution in [3.63, 3.8) is 0 Å². The van der Waals surface area contributed by atoms with Crippen LogP contribution in [-0.4, -0.2) is 53.0 Å². The SMILES string of the molecule is O=C(COc1ccccc1)N(Cc1cccnc1)C[C@@H]1CCCN(C2CCCCC2)C1. The quantitative estimate of drug-likeness (QED) is 0.628. The third-order valence-electron chi connectivity index (χ3n) is 6.67. The molecule has 31 heavy (non-hydrogen) atoms. The van der Waals surface area contributed by atoms with Gasteiger partial charge in [0, 0.05) is 38.1 Å². The Morgan fingerprint density at radius 3 is 2.65 bits per heavy atom. The van der Waals surface area contributed by atoms with Gasteiger partial charge in [-0.15, -0.1) is 0 Å². The first kappa shape index (κ1) is 21.8. The molecule has 166 valence electrons. The van der Waals surface area contributed by atoms with Crippen LogP contribution < -0.4 is 4.74 Å². The first-order valence-electron chi connectivity index (χ1n) is 11.9. The van der Waals surface area contributed by atoms with E-state index >= 15 is 0 Å². The van der Waals surface area contributed by atoms with Gasteiger partial charge in [0.25, 0.3) is 5.91 Å². The summed E-state index contributed by atoms with van der Waals surface area (Å²) in [6.45, 7) is 3.78. The van der Waals surface area contributed by atoms with Crippen LogP contribution in [0.1, 0.15) is 50.5 Å². The second-order valence-electron chi connectivity index (χ2n) is 9.03. The Bertz CT molecular complexity index is 793. The summed E-state index contributed by atoms with van der Waals surface area (Å²) < 4.78 is 5.77. The van der Waals surface area contributed by atoms with Gasteiger partial charge >= 0.3 is 0 Å². The topological polar surface area (TPSA) is 45.7 Å². The molecule has 2 fully saturated rings. The van der Waals surface area contributed by atoms with Gasteiger partial charge in [0.2, 0.25) is 0 Å². The van der Waals surface area contributed by atoms with Crippen LogP contribution in [0.25, 0.3) is 0 Å². The van der Waals surface area contributed by atoms with Crippen LogP contribution in [0.2, 0.25) is 0 Å². The molecule has 2 heterocycles. The van der Waals surface area contributed by atoms with Gasteiger partial charge in [-0.1, -0.05) is 43.5 Å². The van der Waals surface area contributed by atoms with Gasteiger partial charge in [-0.2, -0.15) is 0 Å². The monoisotopic (exact) mass is 421 g/mol. The van der Waals surface area contributed by atoms with Crippen LogP contribution >= 0.6 is 0 Å². The van der Waals surface area contributed by atoms with Crippen LogP contribution in [0.5, 0.6) is 5.75 Å². The highest BCUT2D eigenvalue weighted by Crippen LogP contribution is 2.27. The Morgan fingerprint density at radius 1 is 1.03 bits per heavy atom. The molecule has 1 aromatic carbocycles. The summed E-state index contributed by atoms with van der Waals surface area (Å²) in [6, 6.07) is 14.3. The van der Waals surface area contributed by atoms with Gasteiger partial charge in [0.05, 0.1) is 0 Å². The second-order valence-corrected chi connectivity index (χ2v) is 9.03. The molecule has 1 saturated carbocycles. The number of likely N-dealkylation sites (tertiary alicyclic amines) is 1. The number of carbonyl (C=O) groups is 1. The molecule has 1 aliphatic carbocycles. The molecular formula is C26H35N3O2. The number of ether oxygens (including phenoxy) is 1. The number of hydrogen-bond donors (Lipinski definition) is 0. The zero-order valence-corrected chi connectivity index (χ0v) is 18.5. The number of amides is 1. The van der Waals surface area contributed by atoms with E-state index in [0.717, 1.165) is 30.4 Å². The molecule has 2 aliphatic rings.